The molecule has 0 fully saturated rings. The molecular weight excluding hydrogens is 463 g/mol. The fourth-order valence-corrected chi connectivity index (χ4v) is 5.00. The topological polar surface area (TPSA) is 75.3 Å². The van der Waals surface area contributed by atoms with Gasteiger partial charge in [-0.1, -0.05) is 40.9 Å². The molecule has 2 N–H and O–H groups in total. The van der Waals surface area contributed by atoms with Crippen LogP contribution in [0.3, 0.4) is 0 Å². The van der Waals surface area contributed by atoms with E-state index >= 15 is 0 Å². The Morgan fingerprint density at radius 3 is 2.43 bits per heavy atom. The summed E-state index contributed by atoms with van der Waals surface area (Å²) < 4.78 is 28.0. The van der Waals surface area contributed by atoms with Gasteiger partial charge in [-0.3, -0.25) is 4.79 Å². The minimum Gasteiger partial charge on any atom is -0.324 e. The van der Waals surface area contributed by atoms with Crippen LogP contribution in [0.15, 0.2) is 41.3 Å². The van der Waals surface area contributed by atoms with E-state index in [2.05, 4.69) is 10.0 Å². The van der Waals surface area contributed by atoms with Crippen LogP contribution < -0.4 is 10.0 Å². The Morgan fingerprint density at radius 2 is 1.75 bits per heavy atom. The van der Waals surface area contributed by atoms with Gasteiger partial charge in [-0.15, -0.1) is 0 Å². The molecule has 0 radical (unpaired) electrons. The lowest BCUT2D eigenvalue weighted by atomic mass is 10.1. The standard InChI is InChI=1S/C18H19Cl3N2O3S2/c1-11-3-4-12(19)9-16(11)22-18(24)15(7-8-27-2)23-28(25,26)17-10-13(20)5-6-14(17)21/h3-6,9-10,15,23H,7-8H2,1-2H3,(H,22,24). The van der Waals surface area contributed by atoms with Crippen LogP contribution in [0.5, 0.6) is 0 Å². The zero-order valence-corrected chi connectivity index (χ0v) is 19.0. The van der Waals surface area contributed by atoms with E-state index in [0.29, 0.717) is 22.9 Å². The molecular formula is C18H19Cl3N2O3S2. The lowest BCUT2D eigenvalue weighted by molar-refractivity contribution is -0.117. The quantitative estimate of drug-likeness (QED) is 0.557. The maximum absolute atomic E-state index is 12.8. The van der Waals surface area contributed by atoms with Crippen LogP contribution in [0.25, 0.3) is 0 Å². The summed E-state index contributed by atoms with van der Waals surface area (Å²) in [6, 6.07) is 8.23. The number of anilines is 1. The molecule has 0 aliphatic carbocycles. The van der Waals surface area contributed by atoms with Gasteiger partial charge < -0.3 is 5.32 Å². The van der Waals surface area contributed by atoms with Gasteiger partial charge >= 0.3 is 0 Å². The van der Waals surface area contributed by atoms with Crippen LogP contribution in [0.1, 0.15) is 12.0 Å². The number of thioether (sulfide) groups is 1. The van der Waals surface area contributed by atoms with Crippen molar-refractivity contribution in [3.8, 4) is 0 Å². The van der Waals surface area contributed by atoms with E-state index in [4.69, 9.17) is 34.8 Å². The zero-order valence-electron chi connectivity index (χ0n) is 15.1. The van der Waals surface area contributed by atoms with E-state index in [9.17, 15) is 13.2 Å². The van der Waals surface area contributed by atoms with Gasteiger partial charge in [0.05, 0.1) is 5.02 Å². The number of amides is 1. The van der Waals surface area contributed by atoms with E-state index in [-0.39, 0.29) is 14.9 Å². The Balaban J connectivity index is 2.28. The molecule has 0 saturated heterocycles. The largest absolute Gasteiger partial charge is 0.324 e. The molecule has 0 heterocycles. The fraction of sp³-hybridized carbons (Fsp3) is 0.278. The highest BCUT2D eigenvalue weighted by molar-refractivity contribution is 7.98. The first kappa shape index (κ1) is 23.3. The number of aryl methyl sites for hydroxylation is 1. The minimum atomic E-state index is -4.06. The van der Waals surface area contributed by atoms with Crippen LogP contribution in [0, 0.1) is 6.92 Å². The molecule has 2 aromatic rings. The molecule has 0 spiro atoms. The first-order valence-electron chi connectivity index (χ1n) is 8.17. The number of halogens is 3. The minimum absolute atomic E-state index is 0.0200. The number of hydrogen-bond donors (Lipinski definition) is 2. The maximum atomic E-state index is 12.8. The highest BCUT2D eigenvalue weighted by atomic mass is 35.5. The van der Waals surface area contributed by atoms with Gasteiger partial charge in [-0.2, -0.15) is 16.5 Å². The number of sulfonamides is 1. The third-order valence-corrected chi connectivity index (χ3v) is 6.93. The number of benzene rings is 2. The van der Waals surface area contributed by atoms with Gasteiger partial charge in [0, 0.05) is 15.7 Å². The van der Waals surface area contributed by atoms with E-state index in [0.717, 1.165) is 5.56 Å². The molecule has 5 nitrogen and oxygen atoms in total. The average Bonchev–Trinajstić information content (AvgIpc) is 2.63. The first-order valence-corrected chi connectivity index (χ1v) is 12.2. The van der Waals surface area contributed by atoms with Gasteiger partial charge in [-0.25, -0.2) is 8.42 Å². The molecule has 0 aliphatic rings. The van der Waals surface area contributed by atoms with Gasteiger partial charge in [0.1, 0.15) is 10.9 Å². The van der Waals surface area contributed by atoms with Gasteiger partial charge in [-0.05, 0) is 61.2 Å². The summed E-state index contributed by atoms with van der Waals surface area (Å²) >= 11 is 19.4. The Bertz CT molecular complexity index is 969. The highest BCUT2D eigenvalue weighted by Gasteiger charge is 2.27. The van der Waals surface area contributed by atoms with Crippen molar-refractivity contribution < 1.29 is 13.2 Å². The Hall–Kier alpha value is -0.960. The second-order valence-electron chi connectivity index (χ2n) is 5.98. The molecule has 1 amide bonds. The summed E-state index contributed by atoms with van der Waals surface area (Å²) in [6.07, 6.45) is 2.17. The zero-order chi connectivity index (χ0) is 20.9. The van der Waals surface area contributed by atoms with Crippen molar-refractivity contribution in [1.82, 2.24) is 4.72 Å². The number of carbonyl (C=O) groups is 1. The summed E-state index contributed by atoms with van der Waals surface area (Å²) in [5.74, 6) is 0.0967. The molecule has 1 unspecified atom stereocenters. The fourth-order valence-electron chi connectivity index (χ4n) is 2.36. The van der Waals surface area contributed by atoms with Crippen LogP contribution in [-0.2, 0) is 14.8 Å². The third-order valence-electron chi connectivity index (χ3n) is 3.86. The van der Waals surface area contributed by atoms with E-state index in [1.54, 1.807) is 18.2 Å². The Kier molecular flexibility index (Phi) is 8.48. The van der Waals surface area contributed by atoms with Crippen molar-refractivity contribution in [2.24, 2.45) is 0 Å². The second kappa shape index (κ2) is 10.2. The monoisotopic (exact) mass is 480 g/mol. The number of rotatable bonds is 8. The van der Waals surface area contributed by atoms with Crippen LogP contribution in [0.4, 0.5) is 5.69 Å². The average molecular weight is 482 g/mol. The SMILES string of the molecule is CSCCC(NS(=O)(=O)c1cc(Cl)ccc1Cl)C(=O)Nc1cc(Cl)ccc1C. The van der Waals surface area contributed by atoms with Crippen molar-refractivity contribution >= 4 is 68.2 Å². The van der Waals surface area contributed by atoms with E-state index in [1.165, 1.54) is 30.0 Å². The maximum Gasteiger partial charge on any atom is 0.242 e. The Labute approximate surface area is 184 Å². The lowest BCUT2D eigenvalue weighted by Gasteiger charge is -2.19. The van der Waals surface area contributed by atoms with Crippen molar-refractivity contribution in [2.45, 2.75) is 24.3 Å². The highest BCUT2D eigenvalue weighted by Crippen LogP contribution is 2.26. The summed E-state index contributed by atoms with van der Waals surface area (Å²) in [5.41, 5.74) is 1.33. The summed E-state index contributed by atoms with van der Waals surface area (Å²) in [6.45, 7) is 1.82. The van der Waals surface area contributed by atoms with Gasteiger partial charge in [0.2, 0.25) is 15.9 Å². The van der Waals surface area contributed by atoms with Crippen LogP contribution in [0.2, 0.25) is 15.1 Å². The second-order valence-corrected chi connectivity index (χ2v) is 9.93. The third kappa shape index (κ3) is 6.27. The lowest BCUT2D eigenvalue weighted by Crippen LogP contribution is -2.44. The van der Waals surface area contributed by atoms with E-state index < -0.39 is 22.0 Å². The molecule has 2 aromatic carbocycles. The van der Waals surface area contributed by atoms with E-state index in [1.807, 2.05) is 13.2 Å². The predicted octanol–water partition coefficient (Wildman–Crippen LogP) is 4.99. The molecule has 0 aromatic heterocycles. The number of carbonyl (C=O) groups excluding carboxylic acids is 1. The van der Waals surface area contributed by atoms with Crippen LogP contribution in [-0.4, -0.2) is 32.4 Å². The first-order chi connectivity index (χ1) is 13.1. The van der Waals surface area contributed by atoms with Gasteiger partial charge in [0.15, 0.2) is 0 Å². The van der Waals surface area contributed by atoms with Gasteiger partial charge in [0.25, 0.3) is 0 Å². The van der Waals surface area contributed by atoms with Crippen molar-refractivity contribution in [3.63, 3.8) is 0 Å². The summed E-state index contributed by atoms with van der Waals surface area (Å²) in [7, 11) is -4.06. The smallest absolute Gasteiger partial charge is 0.242 e. The normalized spacial score (nSPS) is 12.6. The van der Waals surface area contributed by atoms with Crippen LogP contribution >= 0.6 is 46.6 Å². The van der Waals surface area contributed by atoms with Crippen molar-refractivity contribution in [1.29, 1.82) is 0 Å². The predicted molar refractivity (Wildman–Crippen MR) is 118 cm³/mol. The number of nitrogens with one attached hydrogen (secondary N) is 2. The van der Waals surface area contributed by atoms with Crippen molar-refractivity contribution in [3.05, 3.63) is 57.0 Å². The molecule has 1 atom stereocenters. The summed E-state index contributed by atoms with van der Waals surface area (Å²) in [4.78, 5) is 12.6. The molecule has 0 saturated carbocycles. The molecule has 10 heteroatoms. The molecule has 28 heavy (non-hydrogen) atoms. The molecule has 152 valence electrons. The molecule has 0 aliphatic heterocycles. The molecule has 0 bridgehead atoms. The number of hydrogen-bond acceptors (Lipinski definition) is 4. The Morgan fingerprint density at radius 1 is 1.11 bits per heavy atom. The molecule has 2 rings (SSSR count). The van der Waals surface area contributed by atoms with Crippen molar-refractivity contribution in [2.75, 3.05) is 17.3 Å². The summed E-state index contributed by atoms with van der Waals surface area (Å²) in [5, 5.41) is 3.45.